The summed E-state index contributed by atoms with van der Waals surface area (Å²) in [5.74, 6) is -0.745. The molecule has 0 fully saturated rings. The zero-order chi connectivity index (χ0) is 4.28. The van der Waals surface area contributed by atoms with Gasteiger partial charge >= 0.3 is 5.97 Å². The average molecular weight is 249 g/mol. The van der Waals surface area contributed by atoms with E-state index >= 15 is 0 Å². The number of hydrogen-bond donors (Lipinski definition) is 1. The second-order valence-corrected chi connectivity index (χ2v) is 0.747. The van der Waals surface area contributed by atoms with Gasteiger partial charge in [-0.25, -0.2) is 0 Å². The van der Waals surface area contributed by atoms with Gasteiger partial charge in [-0.1, -0.05) is 6.92 Å². The summed E-state index contributed by atoms with van der Waals surface area (Å²) in [5.41, 5.74) is 0. The van der Waals surface area contributed by atoms with E-state index in [2.05, 4.69) is 0 Å². The van der Waals surface area contributed by atoms with Crippen LogP contribution in [-0.4, -0.2) is 11.1 Å². The summed E-state index contributed by atoms with van der Waals surface area (Å²) in [7, 11) is 0. The minimum atomic E-state index is -0.745. The molecule has 0 aliphatic heterocycles. The molecule has 0 amide bonds. The van der Waals surface area contributed by atoms with Gasteiger partial charge in [0.25, 0.3) is 0 Å². The molecule has 0 saturated carbocycles. The van der Waals surface area contributed by atoms with Crippen LogP contribution in [0, 0.1) is 36.9 Å². The van der Waals surface area contributed by atoms with Crippen LogP contribution in [0.4, 0.5) is 0 Å². The quantitative estimate of drug-likeness (QED) is 0.733. The van der Waals surface area contributed by atoms with E-state index in [1.807, 2.05) is 0 Å². The van der Waals surface area contributed by atoms with E-state index in [1.165, 1.54) is 0 Å². The Morgan fingerprint density at radius 3 is 2.00 bits per heavy atom. The molecule has 45 valence electrons. The van der Waals surface area contributed by atoms with Crippen LogP contribution in [0.15, 0.2) is 0 Å². The zero-order valence-electron chi connectivity index (χ0n) is 3.32. The number of aliphatic carboxylic acids is 1. The number of carbonyl (C=O) groups is 1. The molecule has 0 aliphatic carbocycles. The molecule has 6 heavy (non-hydrogen) atoms. The Kier molecular flexibility index (Phi) is 9.37. The number of hydrogen-bond acceptors (Lipinski definition) is 1. The van der Waals surface area contributed by atoms with Crippen molar-refractivity contribution in [2.24, 2.45) is 0 Å². The van der Waals surface area contributed by atoms with Crippen molar-refractivity contribution in [3.8, 4) is 0 Å². The molecule has 0 heterocycles. The van der Waals surface area contributed by atoms with Crippen LogP contribution in [0.3, 0.4) is 0 Å². The van der Waals surface area contributed by atoms with Crippen molar-refractivity contribution in [1.29, 1.82) is 0 Å². The molecule has 0 unspecified atom stereocenters. The van der Waals surface area contributed by atoms with Crippen molar-refractivity contribution in [3.05, 3.63) is 0 Å². The average Bonchev–Trinajstić information content (AvgIpc) is 1.38. The van der Waals surface area contributed by atoms with Crippen LogP contribution in [0.5, 0.6) is 0 Å². The van der Waals surface area contributed by atoms with Crippen LogP contribution in [0.1, 0.15) is 13.3 Å². The van der Waals surface area contributed by atoms with Crippen LogP contribution in [-0.2, 0) is 4.79 Å². The van der Waals surface area contributed by atoms with Gasteiger partial charge in [0.15, 0.2) is 0 Å². The molecule has 0 bridgehead atoms. The fraction of sp³-hybridized carbons (Fsp3) is 0.667. The Bertz CT molecular complexity index is 44.1. The predicted octanol–water partition coefficient (Wildman–Crippen LogP) is 0.481. The van der Waals surface area contributed by atoms with Gasteiger partial charge in [-0.05, 0) is 0 Å². The van der Waals surface area contributed by atoms with Gasteiger partial charge in [0.05, 0.1) is 0 Å². The van der Waals surface area contributed by atoms with Crippen molar-refractivity contribution < 1.29 is 46.8 Å². The third-order valence-electron chi connectivity index (χ3n) is 0.302. The second kappa shape index (κ2) is 5.70. The Balaban J connectivity index is 0. The smallest absolute Gasteiger partial charge is 0.303 e. The molecule has 0 aliphatic rings. The van der Waals surface area contributed by atoms with Crippen molar-refractivity contribution in [2.45, 2.75) is 13.3 Å². The Morgan fingerprint density at radius 2 is 2.00 bits per heavy atom. The number of carboxylic acids is 1. The summed E-state index contributed by atoms with van der Waals surface area (Å²) in [5, 5.41) is 7.72. The van der Waals surface area contributed by atoms with Gasteiger partial charge in [-0.15, -0.1) is 0 Å². The van der Waals surface area contributed by atoms with Crippen LogP contribution < -0.4 is 0 Å². The van der Waals surface area contributed by atoms with Crippen molar-refractivity contribution >= 4 is 5.97 Å². The Hall–Kier alpha value is 0.704. The van der Waals surface area contributed by atoms with E-state index in [0.717, 1.165) is 0 Å². The van der Waals surface area contributed by atoms with Gasteiger partial charge in [-0.2, -0.15) is 0 Å². The third-order valence-corrected chi connectivity index (χ3v) is 0.302. The molecule has 0 rings (SSSR count). The van der Waals surface area contributed by atoms with E-state index in [-0.39, 0.29) is 43.3 Å². The van der Waals surface area contributed by atoms with Gasteiger partial charge in [0, 0.05) is 43.3 Å². The standard InChI is InChI=1S/C3H6O2.Lu/c1-2-3(4)5;/h2H2,1H3,(H,4,5);. The first-order valence-electron chi connectivity index (χ1n) is 1.49. The summed E-state index contributed by atoms with van der Waals surface area (Å²) >= 11 is 0. The maximum absolute atomic E-state index is 9.37. The first-order valence-corrected chi connectivity index (χ1v) is 1.49. The van der Waals surface area contributed by atoms with Crippen molar-refractivity contribution in [2.75, 3.05) is 0 Å². The normalized spacial score (nSPS) is 6.17. The summed E-state index contributed by atoms with van der Waals surface area (Å²) in [6.07, 6.45) is 0.222. The molecule has 1 N–H and O–H groups in total. The molecular weight excluding hydrogens is 243 g/mol. The van der Waals surface area contributed by atoms with E-state index in [4.69, 9.17) is 5.11 Å². The second-order valence-electron chi connectivity index (χ2n) is 0.747. The minimum Gasteiger partial charge on any atom is -0.481 e. The monoisotopic (exact) mass is 249 g/mol. The third kappa shape index (κ3) is 8.83. The van der Waals surface area contributed by atoms with Gasteiger partial charge < -0.3 is 5.11 Å². The van der Waals surface area contributed by atoms with Crippen molar-refractivity contribution in [3.63, 3.8) is 0 Å². The Morgan fingerprint density at radius 1 is 1.83 bits per heavy atom. The number of rotatable bonds is 1. The molecule has 2 nitrogen and oxygen atoms in total. The molecular formula is C3H6LuO2. The van der Waals surface area contributed by atoms with Crippen LogP contribution in [0.25, 0.3) is 0 Å². The van der Waals surface area contributed by atoms with Crippen molar-refractivity contribution in [1.82, 2.24) is 0 Å². The zero-order valence-corrected chi connectivity index (χ0v) is 4.98. The maximum Gasteiger partial charge on any atom is 0.303 e. The first kappa shape index (κ1) is 9.86. The largest absolute Gasteiger partial charge is 0.481 e. The fourth-order valence-corrected chi connectivity index (χ4v) is 0. The van der Waals surface area contributed by atoms with E-state index in [0.29, 0.717) is 0 Å². The summed E-state index contributed by atoms with van der Waals surface area (Å²) in [4.78, 5) is 9.37. The van der Waals surface area contributed by atoms with Gasteiger partial charge in [-0.3, -0.25) is 4.79 Å². The topological polar surface area (TPSA) is 37.3 Å². The molecule has 1 radical (unpaired) electrons. The fourth-order valence-electron chi connectivity index (χ4n) is 0. The summed E-state index contributed by atoms with van der Waals surface area (Å²) < 4.78 is 0. The molecule has 0 spiro atoms. The van der Waals surface area contributed by atoms with Gasteiger partial charge in [0.2, 0.25) is 0 Å². The van der Waals surface area contributed by atoms with Gasteiger partial charge in [0.1, 0.15) is 0 Å². The van der Waals surface area contributed by atoms with E-state index in [9.17, 15) is 4.79 Å². The summed E-state index contributed by atoms with van der Waals surface area (Å²) in [6, 6.07) is 0. The van der Waals surface area contributed by atoms with Crippen LogP contribution in [0.2, 0.25) is 0 Å². The Labute approximate surface area is 65.7 Å². The van der Waals surface area contributed by atoms with E-state index < -0.39 is 5.97 Å². The molecule has 3 heteroatoms. The van der Waals surface area contributed by atoms with Crippen LogP contribution >= 0.6 is 0 Å². The molecule has 0 aromatic carbocycles. The molecule has 0 aromatic rings. The predicted molar refractivity (Wildman–Crippen MR) is 17.9 cm³/mol. The SMILES string of the molecule is CCC(=O)O.[Lu]. The molecule has 0 saturated heterocycles. The molecule has 0 atom stereocenters. The van der Waals surface area contributed by atoms with E-state index in [1.54, 1.807) is 6.92 Å². The summed E-state index contributed by atoms with van der Waals surface area (Å²) in [6.45, 7) is 1.60. The first-order chi connectivity index (χ1) is 2.27. The number of carboxylic acid groups (broad SMARTS) is 1. The maximum atomic E-state index is 9.37. The minimum absolute atomic E-state index is 0. The molecule has 0 aromatic heterocycles.